The maximum absolute atomic E-state index is 11.6. The third kappa shape index (κ3) is 18.5. The molecule has 2 amide bonds. The lowest BCUT2D eigenvalue weighted by Crippen LogP contribution is -2.68. The number of benzene rings is 1. The molecule has 1 unspecified atom stereocenters. The van der Waals surface area contributed by atoms with Gasteiger partial charge in [0.1, 0.15) is 189 Å². The summed E-state index contributed by atoms with van der Waals surface area (Å²) < 4.78 is 85.2. The number of ether oxygens (including phenoxy) is 15. The second kappa shape index (κ2) is 37.2. The molecule has 22 fully saturated rings. The third-order valence-electron chi connectivity index (χ3n) is 18.6. The SMILES string of the molecule is CN(CCOc1ccc(CC2SC(=O)NC2=O)cc1)c1ccccn1.Cl.OC[C@H]1O[C@@H]2O[C@H]3[C@H](O)[C@@H](O)[C@@H](O[C@H]4[C@H](O)[C@@H](O)[C@@H](O[C@H]5[C@H](O)[C@@H](O)[C@@H](O[C@H]6[C@H](O)[C@@H](O)[C@@H](O[C@H]7[C@H](O)[C@@H](O)[C@@H](O[C@H]8[C@H](O)[C@@H](O)[C@@H](O[C@H]1[C@H](O)[C@H]2O)O[C@@H]8CO)O[C@@H]7CO)O[C@@H]6CO)O[C@@H]5CO)O[C@@H]4CO)O[C@@H]3CO. The lowest BCUT2D eigenvalue weighted by Gasteiger charge is -2.50. The van der Waals surface area contributed by atoms with E-state index >= 15 is 0 Å². The van der Waals surface area contributed by atoms with E-state index in [9.17, 15) is 117 Å². The molecule has 0 aliphatic carbocycles. The molecular weight excluding hydrogens is 1440 g/mol. The summed E-state index contributed by atoms with van der Waals surface area (Å²) in [4.78, 5) is 29.1. The van der Waals surface area contributed by atoms with Crippen molar-refractivity contribution in [2.45, 2.75) is 227 Å². The first-order valence-electron chi connectivity index (χ1n) is 32.6. The van der Waals surface area contributed by atoms with Crippen LogP contribution in [0.2, 0.25) is 0 Å². The number of halogens is 1. The zero-order valence-electron chi connectivity index (χ0n) is 54.5. The molecule has 22 N–H and O–H groups in total. The lowest BCUT2D eigenvalue weighted by molar-refractivity contribution is -0.396. The van der Waals surface area contributed by atoms with Crippen LogP contribution in [0.3, 0.4) is 0 Å². The van der Waals surface area contributed by atoms with Gasteiger partial charge in [-0.05, 0) is 36.2 Å². The second-order valence-corrected chi connectivity index (χ2v) is 26.5. The van der Waals surface area contributed by atoms with Crippen LogP contribution in [-0.4, -0.2) is 410 Å². The minimum Gasteiger partial charge on any atom is -0.492 e. The van der Waals surface area contributed by atoms with Crippen LogP contribution < -0.4 is 15.0 Å². The number of hydrogen-bond acceptors (Lipinski definition) is 41. The number of anilines is 1. The molecule has 14 bridgehead atoms. The Morgan fingerprint density at radius 1 is 0.398 bits per heavy atom. The monoisotopic (exact) mass is 1530 g/mol. The highest BCUT2D eigenvalue weighted by molar-refractivity contribution is 8.15. The first kappa shape index (κ1) is 83.4. The number of pyridine rings is 1. The summed E-state index contributed by atoms with van der Waals surface area (Å²) >= 11 is 1.05. The van der Waals surface area contributed by atoms with Crippen molar-refractivity contribution in [2.24, 2.45) is 0 Å². The highest BCUT2D eigenvalue weighted by Gasteiger charge is 2.60. The molecule has 586 valence electrons. The van der Waals surface area contributed by atoms with Crippen molar-refractivity contribution in [2.75, 3.05) is 71.3 Å². The van der Waals surface area contributed by atoms with Crippen LogP contribution in [-0.2, 0) is 77.5 Å². The maximum atomic E-state index is 11.6. The number of thioether (sulfide) groups is 1. The largest absolute Gasteiger partial charge is 0.492 e. The molecule has 24 rings (SSSR count). The molecule has 22 aliphatic heterocycles. The summed E-state index contributed by atoms with van der Waals surface area (Å²) in [7, 11) is 1.97. The van der Waals surface area contributed by atoms with Crippen molar-refractivity contribution < 1.29 is 188 Å². The molecule has 22 aliphatic rings. The zero-order chi connectivity index (χ0) is 73.7. The second-order valence-electron chi connectivity index (χ2n) is 25.3. The number of imide groups is 1. The van der Waals surface area contributed by atoms with Gasteiger partial charge in [0.2, 0.25) is 5.91 Å². The van der Waals surface area contributed by atoms with Crippen LogP contribution in [0.1, 0.15) is 5.56 Å². The van der Waals surface area contributed by atoms with Gasteiger partial charge in [0, 0.05) is 13.2 Å². The molecule has 36 atom stereocenters. The van der Waals surface area contributed by atoms with E-state index in [1.54, 1.807) is 6.20 Å². The normalized spacial score (nSPS) is 45.4. The molecule has 0 spiro atoms. The highest BCUT2D eigenvalue weighted by Crippen LogP contribution is 2.39. The number of aromatic nitrogens is 1. The van der Waals surface area contributed by atoms with E-state index in [4.69, 9.17) is 71.1 Å². The molecule has 0 radical (unpaired) electrons. The lowest BCUT2D eigenvalue weighted by atomic mass is 9.95. The summed E-state index contributed by atoms with van der Waals surface area (Å²) in [5.74, 6) is 1.47. The zero-order valence-corrected chi connectivity index (χ0v) is 56.2. The standard InChI is InChI=1S/C42H70O35.C18H19N3O3S.ClH/c43-1-8-29-15(50)22(57)36(64-8)72-30-9(2-44)66-38(24(59)17(30)52)74-32-11(4-46)68-40(26(61)19(32)54)76-34-13(6-48)70-42(28(63)21(34)56)77-35-14(7-49)69-41(27(62)20(35)55)75-33-12(5-47)67-39(25(60)18(33)53)73-31-10(3-45)65-37(71-29)23(58)16(31)51;1-21(16-4-2-3-9-19-16)10-11-24-14-7-5-13(6-8-14)12-15-17(22)20-18(23)25-15;/h8-63H,1-7H2;2-9,15H,10-12H2,1H3,(H,20,22,23);1H/t8-,9-,10-,11-,12-,13-,14-,15-,16-,17-,18-,19-,20-,21-,22-,23-,24-,25-,26-,27-,28-,29-,30-,31-,32-,33-,34-,35-,36-,37-,38-,39-,40-,41-,42-;;/m1../s1. The first-order chi connectivity index (χ1) is 48.8. The molecule has 103 heavy (non-hydrogen) atoms. The van der Waals surface area contributed by atoms with Gasteiger partial charge in [0.15, 0.2) is 44.0 Å². The predicted molar refractivity (Wildman–Crippen MR) is 334 cm³/mol. The fraction of sp³-hybridized carbons (Fsp3) is 0.783. The van der Waals surface area contributed by atoms with E-state index in [1.165, 1.54) is 0 Å². The van der Waals surface area contributed by atoms with Gasteiger partial charge < -0.3 is 183 Å². The van der Waals surface area contributed by atoms with Crippen LogP contribution in [0, 0.1) is 0 Å². The fourth-order valence-electron chi connectivity index (χ4n) is 12.9. The van der Waals surface area contributed by atoms with Crippen molar-refractivity contribution in [3.8, 4) is 5.75 Å². The van der Waals surface area contributed by atoms with Gasteiger partial charge in [-0.3, -0.25) is 14.9 Å². The number of aliphatic hydroxyl groups excluding tert-OH is 21. The molecule has 23 heterocycles. The average Bonchev–Trinajstić information content (AvgIpc) is 0.981. The van der Waals surface area contributed by atoms with Crippen LogP contribution >= 0.6 is 24.2 Å². The average molecular weight is 1530 g/mol. The highest BCUT2D eigenvalue weighted by atomic mass is 35.5. The van der Waals surface area contributed by atoms with Crippen molar-refractivity contribution in [1.29, 1.82) is 0 Å². The number of nitrogens with one attached hydrogen (secondary N) is 1. The Labute approximate surface area is 595 Å². The van der Waals surface area contributed by atoms with E-state index < -0.39 is 261 Å². The Kier molecular flexibility index (Phi) is 30.1. The Bertz CT molecular complexity index is 2580. The summed E-state index contributed by atoms with van der Waals surface area (Å²) in [5.41, 5.74) is 1.00. The van der Waals surface area contributed by atoms with E-state index in [0.717, 1.165) is 35.4 Å². The minimum absolute atomic E-state index is 0. The van der Waals surface area contributed by atoms with Crippen LogP contribution in [0.15, 0.2) is 48.7 Å². The molecule has 0 saturated carbocycles. The Balaban J connectivity index is 0.000000397. The van der Waals surface area contributed by atoms with E-state index in [2.05, 4.69) is 10.3 Å². The van der Waals surface area contributed by atoms with Gasteiger partial charge >= 0.3 is 0 Å². The van der Waals surface area contributed by atoms with Gasteiger partial charge in [-0.2, -0.15) is 0 Å². The summed E-state index contributed by atoms with van der Waals surface area (Å²) in [6, 6.07) is 13.4. The number of carbonyl (C=O) groups excluding carboxylic acids is 2. The number of carbonyl (C=O) groups is 2. The molecule has 1 aromatic heterocycles. The number of hydrogen-bond donors (Lipinski definition) is 22. The smallest absolute Gasteiger partial charge is 0.286 e. The van der Waals surface area contributed by atoms with Crippen LogP contribution in [0.25, 0.3) is 0 Å². The maximum Gasteiger partial charge on any atom is 0.286 e. The third-order valence-corrected chi connectivity index (χ3v) is 19.6. The molecule has 22 saturated heterocycles. The van der Waals surface area contributed by atoms with Gasteiger partial charge in [0.25, 0.3) is 5.24 Å². The van der Waals surface area contributed by atoms with E-state index in [1.807, 2.05) is 54.4 Å². The van der Waals surface area contributed by atoms with Gasteiger partial charge in [0.05, 0.1) is 58.0 Å². The summed E-state index contributed by atoms with van der Waals surface area (Å²) in [6.45, 7) is -6.06. The Hall–Kier alpha value is -3.65. The fourth-order valence-corrected chi connectivity index (χ4v) is 13.7. The Morgan fingerprint density at radius 3 is 0.893 bits per heavy atom. The van der Waals surface area contributed by atoms with E-state index in [-0.39, 0.29) is 28.8 Å². The number of amides is 2. The quantitative estimate of drug-likeness (QED) is 0.0835. The topological polar surface area (TPSA) is 626 Å². The van der Waals surface area contributed by atoms with E-state index in [0.29, 0.717) is 13.0 Å². The number of aliphatic hydroxyl groups is 21. The van der Waals surface area contributed by atoms with Crippen LogP contribution in [0.4, 0.5) is 10.6 Å². The number of likely N-dealkylation sites (N-methyl/N-ethyl adjacent to an activating group) is 1. The Morgan fingerprint density at radius 2 is 0.670 bits per heavy atom. The van der Waals surface area contributed by atoms with Crippen molar-refractivity contribution in [1.82, 2.24) is 10.3 Å². The molecule has 41 nitrogen and oxygen atoms in total. The summed E-state index contributed by atoms with van der Waals surface area (Å²) in [6.07, 6.45) is -67.9. The van der Waals surface area contributed by atoms with Gasteiger partial charge in [-0.25, -0.2) is 4.98 Å². The number of nitrogens with zero attached hydrogens (tertiary/aromatic N) is 2. The molecule has 2 aromatic rings. The first-order valence-corrected chi connectivity index (χ1v) is 33.5. The van der Waals surface area contributed by atoms with Crippen LogP contribution in [0.5, 0.6) is 5.75 Å². The van der Waals surface area contributed by atoms with Crippen molar-refractivity contribution in [3.63, 3.8) is 0 Å². The van der Waals surface area contributed by atoms with Crippen molar-refractivity contribution >= 4 is 41.1 Å². The van der Waals surface area contributed by atoms with Gasteiger partial charge in [-0.1, -0.05) is 30.0 Å². The molecular formula is C60H90ClN3O38S. The van der Waals surface area contributed by atoms with Gasteiger partial charge in [-0.15, -0.1) is 12.4 Å². The minimum atomic E-state index is -2.21. The summed E-state index contributed by atoms with van der Waals surface area (Å²) in [5, 5.41) is 232. The number of rotatable bonds is 14. The molecule has 1 aromatic carbocycles. The molecule has 43 heteroatoms. The predicted octanol–water partition coefficient (Wildman–Crippen LogP) is -12.3. The van der Waals surface area contributed by atoms with Crippen molar-refractivity contribution in [3.05, 3.63) is 54.2 Å².